The van der Waals surface area contributed by atoms with E-state index in [1.165, 1.54) is 5.39 Å². The zero-order valence-electron chi connectivity index (χ0n) is 10.5. The summed E-state index contributed by atoms with van der Waals surface area (Å²) >= 11 is 0. The molecular weight excluding hydrogens is 270 g/mol. The Labute approximate surface area is 118 Å². The van der Waals surface area contributed by atoms with E-state index in [4.69, 9.17) is 5.26 Å². The number of hydrogen-bond donors (Lipinski definition) is 1. The van der Waals surface area contributed by atoms with Gasteiger partial charge in [0.15, 0.2) is 6.19 Å². The Morgan fingerprint density at radius 2 is 2.05 bits per heavy atom. The van der Waals surface area contributed by atoms with Gasteiger partial charge in [-0.15, -0.1) is 0 Å². The molecule has 0 spiro atoms. The van der Waals surface area contributed by atoms with Crippen molar-refractivity contribution in [3.8, 4) is 6.19 Å². The van der Waals surface area contributed by atoms with Gasteiger partial charge in [0.1, 0.15) is 10.8 Å². The molecular formula is C15H11N3OS. The number of rotatable bonds is 1. The molecule has 2 aromatic rings. The van der Waals surface area contributed by atoms with Crippen LogP contribution in [0.25, 0.3) is 16.8 Å². The standard InChI is InChI=1S/C15H11N3OS/c16-10-18-15-17-9-14(20(15)19)8-11-5-6-12-3-1-2-4-13(12)7-11/h1-8H,9H2,(H,17,18). The second-order valence-corrected chi connectivity index (χ2v) is 5.79. The highest BCUT2D eigenvalue weighted by molar-refractivity contribution is 8.04. The van der Waals surface area contributed by atoms with E-state index in [0.29, 0.717) is 11.4 Å². The van der Waals surface area contributed by atoms with Gasteiger partial charge in [-0.3, -0.25) is 10.3 Å². The third-order valence-electron chi connectivity index (χ3n) is 3.06. The largest absolute Gasteiger partial charge is 0.269 e. The van der Waals surface area contributed by atoms with E-state index >= 15 is 0 Å². The van der Waals surface area contributed by atoms with Gasteiger partial charge in [-0.1, -0.05) is 36.4 Å². The van der Waals surface area contributed by atoms with Crippen LogP contribution in [0.2, 0.25) is 0 Å². The molecule has 0 aliphatic carbocycles. The molecule has 1 N–H and O–H groups in total. The Kier molecular flexibility index (Phi) is 3.32. The number of nitrogens with zero attached hydrogens (tertiary/aromatic N) is 2. The van der Waals surface area contributed by atoms with Crippen molar-refractivity contribution in [1.29, 1.82) is 5.26 Å². The minimum Gasteiger partial charge on any atom is -0.269 e. The highest BCUT2D eigenvalue weighted by atomic mass is 32.2. The van der Waals surface area contributed by atoms with E-state index in [1.807, 2.05) is 36.4 Å². The van der Waals surface area contributed by atoms with E-state index in [0.717, 1.165) is 10.9 Å². The van der Waals surface area contributed by atoms with Crippen molar-refractivity contribution in [3.63, 3.8) is 0 Å². The lowest BCUT2D eigenvalue weighted by atomic mass is 10.1. The minimum absolute atomic E-state index is 0.236. The highest BCUT2D eigenvalue weighted by Crippen LogP contribution is 2.20. The highest BCUT2D eigenvalue weighted by Gasteiger charge is 2.21. The van der Waals surface area contributed by atoms with Crippen molar-refractivity contribution >= 4 is 32.8 Å². The van der Waals surface area contributed by atoms with Crippen LogP contribution >= 0.6 is 0 Å². The summed E-state index contributed by atoms with van der Waals surface area (Å²) in [6, 6.07) is 14.2. The van der Waals surface area contributed by atoms with E-state index in [-0.39, 0.29) is 5.17 Å². The molecule has 20 heavy (non-hydrogen) atoms. The molecule has 1 aliphatic heterocycles. The maximum Gasteiger partial charge on any atom is 0.205 e. The Morgan fingerprint density at radius 1 is 1.25 bits per heavy atom. The fourth-order valence-corrected chi connectivity index (χ4v) is 3.10. The van der Waals surface area contributed by atoms with Crippen LogP contribution in [-0.2, 0) is 10.8 Å². The summed E-state index contributed by atoms with van der Waals surface area (Å²) in [5, 5.41) is 13.4. The van der Waals surface area contributed by atoms with Crippen molar-refractivity contribution in [2.24, 2.45) is 4.99 Å². The molecule has 0 saturated carbocycles. The molecule has 98 valence electrons. The van der Waals surface area contributed by atoms with Crippen LogP contribution in [0, 0.1) is 11.5 Å². The molecule has 4 nitrogen and oxygen atoms in total. The van der Waals surface area contributed by atoms with Crippen LogP contribution in [-0.4, -0.2) is 15.9 Å². The number of fused-ring (bicyclic) bond motifs is 1. The topological polar surface area (TPSA) is 65.2 Å². The number of amidine groups is 1. The lowest BCUT2D eigenvalue weighted by Crippen LogP contribution is -2.19. The molecule has 3 rings (SSSR count). The molecule has 1 atom stereocenters. The molecule has 0 saturated heterocycles. The van der Waals surface area contributed by atoms with Crippen LogP contribution in [0.15, 0.2) is 52.4 Å². The van der Waals surface area contributed by atoms with Crippen LogP contribution in [0.5, 0.6) is 0 Å². The molecule has 0 amide bonds. The Hall–Kier alpha value is -2.45. The predicted molar refractivity (Wildman–Crippen MR) is 81.1 cm³/mol. The summed E-state index contributed by atoms with van der Waals surface area (Å²) < 4.78 is 12.1. The van der Waals surface area contributed by atoms with E-state index < -0.39 is 10.8 Å². The first-order chi connectivity index (χ1) is 9.78. The quantitative estimate of drug-likeness (QED) is 0.644. The van der Waals surface area contributed by atoms with E-state index in [2.05, 4.69) is 22.4 Å². The van der Waals surface area contributed by atoms with Gasteiger partial charge in [-0.2, -0.15) is 5.26 Å². The van der Waals surface area contributed by atoms with Crippen LogP contribution in [0.4, 0.5) is 0 Å². The average molecular weight is 281 g/mol. The second-order valence-electron chi connectivity index (χ2n) is 4.34. The van der Waals surface area contributed by atoms with Crippen LogP contribution in [0.3, 0.4) is 0 Å². The zero-order valence-corrected chi connectivity index (χ0v) is 11.4. The van der Waals surface area contributed by atoms with Crippen LogP contribution < -0.4 is 5.32 Å². The summed E-state index contributed by atoms with van der Waals surface area (Å²) in [6.07, 6.45) is 3.62. The van der Waals surface area contributed by atoms with E-state index in [9.17, 15) is 4.21 Å². The maximum absolute atomic E-state index is 12.1. The first kappa shape index (κ1) is 12.6. The molecule has 0 aromatic heterocycles. The fraction of sp³-hybridized carbons (Fsp3) is 0.0667. The molecule has 0 fully saturated rings. The third kappa shape index (κ3) is 2.33. The van der Waals surface area contributed by atoms with Gasteiger partial charge in [0, 0.05) is 4.91 Å². The van der Waals surface area contributed by atoms with Crippen molar-refractivity contribution < 1.29 is 4.21 Å². The van der Waals surface area contributed by atoms with Gasteiger partial charge in [0.25, 0.3) is 0 Å². The maximum atomic E-state index is 12.1. The lowest BCUT2D eigenvalue weighted by molar-refractivity contribution is 0.693. The van der Waals surface area contributed by atoms with Crippen molar-refractivity contribution in [3.05, 3.63) is 52.9 Å². The number of aliphatic imine (C=N–C) groups is 1. The molecule has 1 heterocycles. The van der Waals surface area contributed by atoms with Crippen LogP contribution in [0.1, 0.15) is 5.56 Å². The summed E-state index contributed by atoms with van der Waals surface area (Å²) in [4.78, 5) is 4.77. The summed E-state index contributed by atoms with van der Waals surface area (Å²) in [5.41, 5.74) is 0.987. The molecule has 2 aromatic carbocycles. The first-order valence-electron chi connectivity index (χ1n) is 6.08. The number of nitrogens with one attached hydrogen (secondary N) is 1. The summed E-state index contributed by atoms with van der Waals surface area (Å²) in [6.45, 7) is 0.365. The van der Waals surface area contributed by atoms with Crippen molar-refractivity contribution in [1.82, 2.24) is 5.32 Å². The number of benzene rings is 2. The summed E-state index contributed by atoms with van der Waals surface area (Å²) in [7, 11) is -1.36. The fourth-order valence-electron chi connectivity index (χ4n) is 2.11. The van der Waals surface area contributed by atoms with Crippen molar-refractivity contribution in [2.45, 2.75) is 0 Å². The lowest BCUT2D eigenvalue weighted by Gasteiger charge is -2.01. The predicted octanol–water partition coefficient (Wildman–Crippen LogP) is 2.37. The monoisotopic (exact) mass is 281 g/mol. The third-order valence-corrected chi connectivity index (χ3v) is 4.36. The van der Waals surface area contributed by atoms with Gasteiger partial charge in [0.2, 0.25) is 5.17 Å². The van der Waals surface area contributed by atoms with Gasteiger partial charge in [-0.05, 0) is 28.5 Å². The van der Waals surface area contributed by atoms with Gasteiger partial charge in [0.05, 0.1) is 6.54 Å². The number of nitriles is 1. The van der Waals surface area contributed by atoms with Gasteiger partial charge in [-0.25, -0.2) is 4.21 Å². The first-order valence-corrected chi connectivity index (χ1v) is 7.23. The molecule has 0 radical (unpaired) electrons. The van der Waals surface area contributed by atoms with Gasteiger partial charge >= 0.3 is 0 Å². The minimum atomic E-state index is -1.36. The second kappa shape index (κ2) is 5.27. The van der Waals surface area contributed by atoms with Gasteiger partial charge < -0.3 is 0 Å². The summed E-state index contributed by atoms with van der Waals surface area (Å²) in [5.74, 6) is 0. The molecule has 1 aliphatic rings. The zero-order chi connectivity index (χ0) is 13.9. The molecule has 5 heteroatoms. The Bertz CT molecular complexity index is 802. The SMILES string of the molecule is N#CNC1=NCC(=Cc2ccc3ccccc3c2)S1=O. The molecule has 1 unspecified atom stereocenters. The Morgan fingerprint density at radius 3 is 2.85 bits per heavy atom. The Balaban J connectivity index is 1.92. The smallest absolute Gasteiger partial charge is 0.205 e. The van der Waals surface area contributed by atoms with E-state index in [1.54, 1.807) is 6.19 Å². The molecule has 0 bridgehead atoms. The van der Waals surface area contributed by atoms with Crippen molar-refractivity contribution in [2.75, 3.05) is 6.54 Å². The normalized spacial score (nSPS) is 19.9. The average Bonchev–Trinajstić information content (AvgIpc) is 2.81. The number of hydrogen-bond acceptors (Lipinski definition) is 4.